The Morgan fingerprint density at radius 3 is 2.70 bits per heavy atom. The molecule has 0 aliphatic heterocycles. The van der Waals surface area contributed by atoms with E-state index < -0.39 is 20.6 Å². The van der Waals surface area contributed by atoms with Gasteiger partial charge in [-0.2, -0.15) is 5.10 Å². The maximum absolute atomic E-state index is 12.1. The van der Waals surface area contributed by atoms with Gasteiger partial charge in [-0.3, -0.25) is 19.5 Å². The molecule has 0 spiro atoms. The number of nitrogen functional groups attached to an aromatic ring is 1. The lowest BCUT2D eigenvalue weighted by molar-refractivity contribution is -0.383. The minimum atomic E-state index is -3.94. The highest BCUT2D eigenvalue weighted by molar-refractivity contribution is 7.94. The highest BCUT2D eigenvalue weighted by atomic mass is 32.2. The van der Waals surface area contributed by atoms with Gasteiger partial charge in [0.25, 0.3) is 10.0 Å². The molecule has 2 rings (SSSR count). The summed E-state index contributed by atoms with van der Waals surface area (Å²) in [6.07, 6.45) is 1.42. The first-order valence-electron chi connectivity index (χ1n) is 5.11. The maximum Gasteiger partial charge on any atom is 0.306 e. The van der Waals surface area contributed by atoms with E-state index in [9.17, 15) is 18.5 Å². The van der Waals surface area contributed by atoms with Crippen molar-refractivity contribution in [2.24, 2.45) is 12.9 Å². The van der Waals surface area contributed by atoms with Gasteiger partial charge in [0, 0.05) is 19.2 Å². The minimum absolute atomic E-state index is 0.0413. The van der Waals surface area contributed by atoms with E-state index in [-0.39, 0.29) is 15.0 Å². The van der Waals surface area contributed by atoms with Gasteiger partial charge in [0.05, 0.1) is 11.1 Å². The van der Waals surface area contributed by atoms with Crippen molar-refractivity contribution >= 4 is 37.9 Å². The number of aryl methyl sites for hydroxylation is 1. The lowest BCUT2D eigenvalue weighted by Gasteiger charge is -2.05. The number of thiophene rings is 1. The third-order valence-electron chi connectivity index (χ3n) is 2.34. The monoisotopic (exact) mass is 318 g/mol. The van der Waals surface area contributed by atoms with Gasteiger partial charge in [0.15, 0.2) is 5.00 Å². The van der Waals surface area contributed by atoms with Crippen LogP contribution in [0.25, 0.3) is 0 Å². The second kappa shape index (κ2) is 5.07. The van der Waals surface area contributed by atoms with Gasteiger partial charge in [-0.15, -0.1) is 0 Å². The molecule has 0 bridgehead atoms. The van der Waals surface area contributed by atoms with Crippen LogP contribution in [0.4, 0.5) is 16.5 Å². The zero-order chi connectivity index (χ0) is 14.9. The fourth-order valence-electron chi connectivity index (χ4n) is 1.39. The lowest BCUT2D eigenvalue weighted by Crippen LogP contribution is -2.14. The van der Waals surface area contributed by atoms with E-state index >= 15 is 0 Å². The number of nitro groups is 1. The van der Waals surface area contributed by atoms with Crippen molar-refractivity contribution in [2.75, 3.05) is 10.1 Å². The van der Waals surface area contributed by atoms with Crippen LogP contribution in [0.1, 0.15) is 0 Å². The number of anilines is 2. The third kappa shape index (κ3) is 2.56. The van der Waals surface area contributed by atoms with E-state index in [4.69, 9.17) is 5.84 Å². The zero-order valence-electron chi connectivity index (χ0n) is 10.1. The van der Waals surface area contributed by atoms with Crippen molar-refractivity contribution in [1.29, 1.82) is 0 Å². The number of sulfonamides is 1. The van der Waals surface area contributed by atoms with Crippen molar-refractivity contribution < 1.29 is 13.3 Å². The molecule has 2 heterocycles. The van der Waals surface area contributed by atoms with Crippen LogP contribution >= 0.6 is 11.3 Å². The lowest BCUT2D eigenvalue weighted by atomic mass is 10.5. The second-order valence-electron chi connectivity index (χ2n) is 3.63. The van der Waals surface area contributed by atoms with Crippen molar-refractivity contribution in [3.8, 4) is 0 Å². The van der Waals surface area contributed by atoms with Crippen LogP contribution in [0.3, 0.4) is 0 Å². The third-order valence-corrected chi connectivity index (χ3v) is 5.23. The van der Waals surface area contributed by atoms with Crippen molar-refractivity contribution in [2.45, 2.75) is 4.21 Å². The minimum Gasteiger partial charge on any atom is -0.310 e. The summed E-state index contributed by atoms with van der Waals surface area (Å²) in [6, 6.07) is 2.40. The molecule has 4 N–H and O–H groups in total. The zero-order valence-corrected chi connectivity index (χ0v) is 11.7. The van der Waals surface area contributed by atoms with Gasteiger partial charge in [-0.25, -0.2) is 14.3 Å². The van der Waals surface area contributed by atoms with E-state index in [0.29, 0.717) is 11.3 Å². The standard InChI is InChI=1S/C8H10N6O4S2/c1-13-6(2-3-10-13)12-20(17,18)7-4-5(14(15)16)8(11-9)19-7/h2-4,11-12H,9H2,1H3. The summed E-state index contributed by atoms with van der Waals surface area (Å²) < 4.78 is 27.6. The summed E-state index contributed by atoms with van der Waals surface area (Å²) in [6.45, 7) is 0. The fraction of sp³-hybridized carbons (Fsp3) is 0.125. The van der Waals surface area contributed by atoms with E-state index in [1.807, 2.05) is 0 Å². The summed E-state index contributed by atoms with van der Waals surface area (Å²) in [5.41, 5.74) is 1.71. The van der Waals surface area contributed by atoms with Crippen molar-refractivity contribution in [1.82, 2.24) is 9.78 Å². The number of aromatic nitrogens is 2. The van der Waals surface area contributed by atoms with Gasteiger partial charge >= 0.3 is 5.69 Å². The number of hydrogen-bond donors (Lipinski definition) is 3. The molecule has 0 aromatic carbocycles. The highest BCUT2D eigenvalue weighted by Gasteiger charge is 2.26. The summed E-state index contributed by atoms with van der Waals surface area (Å²) in [4.78, 5) is 10.1. The number of hydrazine groups is 1. The molecule has 108 valence electrons. The second-order valence-corrected chi connectivity index (χ2v) is 6.59. The van der Waals surface area contributed by atoms with Gasteiger partial charge in [0.1, 0.15) is 10.0 Å². The molecular weight excluding hydrogens is 308 g/mol. The Balaban J connectivity index is 2.40. The molecule has 10 nitrogen and oxygen atoms in total. The maximum atomic E-state index is 12.1. The average molecular weight is 318 g/mol. The summed E-state index contributed by atoms with van der Waals surface area (Å²) in [5, 5.41) is 14.6. The van der Waals surface area contributed by atoms with Gasteiger partial charge in [-0.05, 0) is 0 Å². The molecule has 2 aromatic rings. The Morgan fingerprint density at radius 2 is 2.25 bits per heavy atom. The average Bonchev–Trinajstić information content (AvgIpc) is 2.96. The van der Waals surface area contributed by atoms with Gasteiger partial charge < -0.3 is 5.43 Å². The van der Waals surface area contributed by atoms with Crippen LogP contribution in [0.15, 0.2) is 22.5 Å². The first-order valence-corrected chi connectivity index (χ1v) is 7.41. The number of hydrogen-bond acceptors (Lipinski definition) is 8. The summed E-state index contributed by atoms with van der Waals surface area (Å²) in [5.74, 6) is 5.37. The Kier molecular flexibility index (Phi) is 3.61. The molecule has 0 amide bonds. The number of rotatable bonds is 5. The SMILES string of the molecule is Cn1nccc1NS(=O)(=O)c1cc([N+](=O)[O-])c(NN)s1. The van der Waals surface area contributed by atoms with Crippen LogP contribution in [0, 0.1) is 10.1 Å². The topological polar surface area (TPSA) is 145 Å². The van der Waals surface area contributed by atoms with Crippen molar-refractivity contribution in [3.05, 3.63) is 28.4 Å². The smallest absolute Gasteiger partial charge is 0.306 e. The summed E-state index contributed by atoms with van der Waals surface area (Å²) in [7, 11) is -2.39. The number of nitrogens with two attached hydrogens (primary N) is 1. The van der Waals surface area contributed by atoms with Crippen LogP contribution in [-0.4, -0.2) is 23.1 Å². The Labute approximate surface area is 117 Å². The predicted octanol–water partition coefficient (Wildman–Crippen LogP) is 0.476. The quantitative estimate of drug-likeness (QED) is 0.413. The molecule has 0 aliphatic carbocycles. The molecule has 0 saturated carbocycles. The molecular formula is C8H10N6O4S2. The highest BCUT2D eigenvalue weighted by Crippen LogP contribution is 2.36. The first-order chi connectivity index (χ1) is 9.35. The first kappa shape index (κ1) is 14.2. The molecule has 0 aliphatic rings. The van der Waals surface area contributed by atoms with Crippen LogP contribution < -0.4 is 16.0 Å². The van der Waals surface area contributed by atoms with E-state index in [0.717, 1.165) is 6.07 Å². The molecule has 2 aromatic heterocycles. The van der Waals surface area contributed by atoms with Crippen LogP contribution in [-0.2, 0) is 17.1 Å². The molecule has 0 saturated heterocycles. The Hall–Kier alpha value is -2.18. The van der Waals surface area contributed by atoms with E-state index in [1.54, 1.807) is 7.05 Å². The Bertz CT molecular complexity index is 749. The molecule has 0 radical (unpaired) electrons. The van der Waals surface area contributed by atoms with E-state index in [1.165, 1.54) is 16.9 Å². The molecule has 0 fully saturated rings. The van der Waals surface area contributed by atoms with E-state index in [2.05, 4.69) is 15.2 Å². The normalized spacial score (nSPS) is 11.3. The fourth-order valence-corrected chi connectivity index (χ4v) is 3.72. The molecule has 20 heavy (non-hydrogen) atoms. The molecule has 0 atom stereocenters. The predicted molar refractivity (Wildman–Crippen MR) is 72.8 cm³/mol. The van der Waals surface area contributed by atoms with Gasteiger partial charge in [-0.1, -0.05) is 11.3 Å². The van der Waals surface area contributed by atoms with Crippen molar-refractivity contribution in [3.63, 3.8) is 0 Å². The van der Waals surface area contributed by atoms with Crippen LogP contribution in [0.5, 0.6) is 0 Å². The Morgan fingerprint density at radius 1 is 1.55 bits per heavy atom. The summed E-state index contributed by atoms with van der Waals surface area (Å²) >= 11 is 0.665. The largest absolute Gasteiger partial charge is 0.310 e. The number of nitrogens with zero attached hydrogens (tertiary/aromatic N) is 3. The van der Waals surface area contributed by atoms with Gasteiger partial charge in [0.2, 0.25) is 0 Å². The molecule has 0 unspecified atom stereocenters. The van der Waals surface area contributed by atoms with Crippen LogP contribution in [0.2, 0.25) is 0 Å². The number of nitrogens with one attached hydrogen (secondary N) is 2. The molecule has 12 heteroatoms.